The van der Waals surface area contributed by atoms with Gasteiger partial charge in [0.1, 0.15) is 5.52 Å². The van der Waals surface area contributed by atoms with Gasteiger partial charge in [0, 0.05) is 30.8 Å². The first-order chi connectivity index (χ1) is 12.0. The molecular weight excluding hydrogens is 318 g/mol. The Morgan fingerprint density at radius 2 is 1.96 bits per heavy atom. The van der Waals surface area contributed by atoms with E-state index in [9.17, 15) is 9.59 Å². The lowest BCUT2D eigenvalue weighted by Gasteiger charge is -2.07. The fourth-order valence-electron chi connectivity index (χ4n) is 2.36. The molecule has 0 unspecified atom stereocenters. The highest BCUT2D eigenvalue weighted by Crippen LogP contribution is 2.20. The predicted octanol–water partition coefficient (Wildman–Crippen LogP) is 3.19. The van der Waals surface area contributed by atoms with Gasteiger partial charge in [-0.15, -0.1) is 0 Å². The quantitative estimate of drug-likeness (QED) is 0.701. The van der Waals surface area contributed by atoms with Crippen LogP contribution in [0.25, 0.3) is 11.1 Å². The van der Waals surface area contributed by atoms with Crippen molar-refractivity contribution in [2.75, 3.05) is 5.32 Å². The van der Waals surface area contributed by atoms with Crippen LogP contribution < -0.4 is 10.6 Å². The number of hydrogen-bond donors (Lipinski definition) is 2. The molecule has 0 atom stereocenters. The average Bonchev–Trinajstić information content (AvgIpc) is 2.99. The van der Waals surface area contributed by atoms with Crippen LogP contribution in [0.2, 0.25) is 0 Å². The minimum Gasteiger partial charge on any atom is -0.441 e. The van der Waals surface area contributed by atoms with E-state index in [0.717, 1.165) is 11.1 Å². The maximum Gasteiger partial charge on any atom is 0.255 e. The van der Waals surface area contributed by atoms with Gasteiger partial charge in [-0.05, 0) is 35.9 Å². The van der Waals surface area contributed by atoms with Gasteiger partial charge in [0.25, 0.3) is 5.91 Å². The molecule has 2 N–H and O–H groups in total. The minimum atomic E-state index is -0.236. The van der Waals surface area contributed by atoms with E-state index in [1.807, 2.05) is 0 Å². The van der Waals surface area contributed by atoms with E-state index in [0.29, 0.717) is 29.3 Å². The Bertz CT molecular complexity index is 942. The fourth-order valence-corrected chi connectivity index (χ4v) is 2.36. The van der Waals surface area contributed by atoms with Crippen molar-refractivity contribution < 1.29 is 14.0 Å². The molecule has 0 spiro atoms. The molecule has 2 amide bonds. The summed E-state index contributed by atoms with van der Waals surface area (Å²) in [6.07, 6.45) is 1.22. The molecule has 3 rings (SSSR count). The number of nitrogens with zero attached hydrogens (tertiary/aromatic N) is 1. The van der Waals surface area contributed by atoms with Crippen LogP contribution in [-0.4, -0.2) is 16.8 Å². The number of oxazole rings is 1. The molecule has 0 aliphatic rings. The summed E-state index contributed by atoms with van der Waals surface area (Å²) >= 11 is 0. The van der Waals surface area contributed by atoms with E-state index in [1.54, 1.807) is 49.4 Å². The standard InChI is InChI=1S/C19H17N3O3/c1-3-18(23)20-11-13-4-6-14(7-5-13)19(24)22-15-8-9-16-17(10-15)25-12(2)21-16/h3-10H,1,11H2,2H3,(H,20,23)(H,22,24). The lowest BCUT2D eigenvalue weighted by atomic mass is 10.1. The Kier molecular flexibility index (Phi) is 4.61. The Morgan fingerprint density at radius 3 is 2.68 bits per heavy atom. The molecule has 0 saturated carbocycles. The highest BCUT2D eigenvalue weighted by atomic mass is 16.3. The summed E-state index contributed by atoms with van der Waals surface area (Å²) in [5, 5.41) is 5.51. The Morgan fingerprint density at radius 1 is 1.20 bits per heavy atom. The van der Waals surface area contributed by atoms with Crippen molar-refractivity contribution in [3.63, 3.8) is 0 Å². The summed E-state index contributed by atoms with van der Waals surface area (Å²) in [4.78, 5) is 27.7. The number of nitrogens with one attached hydrogen (secondary N) is 2. The maximum absolute atomic E-state index is 12.3. The summed E-state index contributed by atoms with van der Waals surface area (Å²) in [5.74, 6) is 0.120. The number of amides is 2. The van der Waals surface area contributed by atoms with Gasteiger partial charge in [0.05, 0.1) is 0 Å². The highest BCUT2D eigenvalue weighted by molar-refractivity contribution is 6.04. The zero-order chi connectivity index (χ0) is 17.8. The molecule has 0 aliphatic heterocycles. The largest absolute Gasteiger partial charge is 0.441 e. The van der Waals surface area contributed by atoms with Crippen molar-refractivity contribution in [2.24, 2.45) is 0 Å². The summed E-state index contributed by atoms with van der Waals surface area (Å²) in [6.45, 7) is 5.55. The van der Waals surface area contributed by atoms with Crippen molar-refractivity contribution in [2.45, 2.75) is 13.5 Å². The third kappa shape index (κ3) is 3.92. The van der Waals surface area contributed by atoms with Crippen molar-refractivity contribution >= 4 is 28.6 Å². The van der Waals surface area contributed by atoms with Gasteiger partial charge in [0.15, 0.2) is 11.5 Å². The predicted molar refractivity (Wildman–Crippen MR) is 95.2 cm³/mol. The minimum absolute atomic E-state index is 0.225. The van der Waals surface area contributed by atoms with Crippen LogP contribution in [0.3, 0.4) is 0 Å². The van der Waals surface area contributed by atoms with Gasteiger partial charge in [-0.2, -0.15) is 0 Å². The molecule has 2 aromatic carbocycles. The third-order valence-corrected chi connectivity index (χ3v) is 3.62. The second-order valence-electron chi connectivity index (χ2n) is 5.49. The highest BCUT2D eigenvalue weighted by Gasteiger charge is 2.08. The molecule has 126 valence electrons. The van der Waals surface area contributed by atoms with E-state index >= 15 is 0 Å². The van der Waals surface area contributed by atoms with Gasteiger partial charge < -0.3 is 15.1 Å². The first-order valence-corrected chi connectivity index (χ1v) is 7.73. The van der Waals surface area contributed by atoms with Gasteiger partial charge >= 0.3 is 0 Å². The zero-order valence-corrected chi connectivity index (χ0v) is 13.7. The number of aromatic nitrogens is 1. The van der Waals surface area contributed by atoms with Gasteiger partial charge in [-0.1, -0.05) is 18.7 Å². The van der Waals surface area contributed by atoms with Crippen LogP contribution in [0.1, 0.15) is 21.8 Å². The van der Waals surface area contributed by atoms with Gasteiger partial charge in [-0.25, -0.2) is 4.98 Å². The molecule has 25 heavy (non-hydrogen) atoms. The lowest BCUT2D eigenvalue weighted by molar-refractivity contribution is -0.116. The average molecular weight is 335 g/mol. The van der Waals surface area contributed by atoms with E-state index in [1.165, 1.54) is 6.08 Å². The van der Waals surface area contributed by atoms with E-state index in [2.05, 4.69) is 22.2 Å². The summed E-state index contributed by atoms with van der Waals surface area (Å²) in [5.41, 5.74) is 3.43. The number of anilines is 1. The SMILES string of the molecule is C=CC(=O)NCc1ccc(C(=O)Nc2ccc3nc(C)oc3c2)cc1. The van der Waals surface area contributed by atoms with Crippen LogP contribution in [0.15, 0.2) is 59.5 Å². The van der Waals surface area contributed by atoms with Crippen LogP contribution in [0.4, 0.5) is 5.69 Å². The number of aryl methyl sites for hydroxylation is 1. The summed E-state index contributed by atoms with van der Waals surface area (Å²) in [6, 6.07) is 12.3. The zero-order valence-electron chi connectivity index (χ0n) is 13.7. The van der Waals surface area contributed by atoms with Crippen LogP contribution in [0, 0.1) is 6.92 Å². The van der Waals surface area contributed by atoms with E-state index < -0.39 is 0 Å². The Hall–Kier alpha value is -3.41. The van der Waals surface area contributed by atoms with Gasteiger partial charge in [-0.3, -0.25) is 9.59 Å². The van der Waals surface area contributed by atoms with Crippen molar-refractivity contribution in [1.82, 2.24) is 10.3 Å². The number of hydrogen-bond acceptors (Lipinski definition) is 4. The molecule has 6 nitrogen and oxygen atoms in total. The third-order valence-electron chi connectivity index (χ3n) is 3.62. The second-order valence-corrected chi connectivity index (χ2v) is 5.49. The molecule has 1 heterocycles. The van der Waals surface area contributed by atoms with Crippen molar-refractivity contribution in [3.8, 4) is 0 Å². The summed E-state index contributed by atoms with van der Waals surface area (Å²) in [7, 11) is 0. The molecule has 0 radical (unpaired) electrons. The summed E-state index contributed by atoms with van der Waals surface area (Å²) < 4.78 is 5.46. The normalized spacial score (nSPS) is 10.4. The molecule has 0 saturated heterocycles. The van der Waals surface area contributed by atoms with E-state index in [-0.39, 0.29) is 11.8 Å². The Labute approximate surface area is 144 Å². The molecule has 1 aromatic heterocycles. The van der Waals surface area contributed by atoms with E-state index in [4.69, 9.17) is 4.42 Å². The van der Waals surface area contributed by atoms with Crippen molar-refractivity contribution in [3.05, 3.63) is 72.1 Å². The number of rotatable bonds is 5. The fraction of sp³-hybridized carbons (Fsp3) is 0.105. The number of carbonyl (C=O) groups excluding carboxylic acids is 2. The molecular formula is C19H17N3O3. The van der Waals surface area contributed by atoms with Crippen LogP contribution in [-0.2, 0) is 11.3 Å². The maximum atomic E-state index is 12.3. The van der Waals surface area contributed by atoms with Crippen molar-refractivity contribution in [1.29, 1.82) is 0 Å². The second kappa shape index (κ2) is 7.00. The molecule has 3 aromatic rings. The molecule has 0 fully saturated rings. The number of carbonyl (C=O) groups is 2. The molecule has 6 heteroatoms. The van der Waals surface area contributed by atoms with Crippen LogP contribution in [0.5, 0.6) is 0 Å². The smallest absolute Gasteiger partial charge is 0.255 e. The Balaban J connectivity index is 1.67. The molecule has 0 bridgehead atoms. The topological polar surface area (TPSA) is 84.2 Å². The van der Waals surface area contributed by atoms with Crippen LogP contribution >= 0.6 is 0 Å². The molecule has 0 aliphatic carbocycles. The lowest BCUT2D eigenvalue weighted by Crippen LogP contribution is -2.20. The first-order valence-electron chi connectivity index (χ1n) is 7.73. The first kappa shape index (κ1) is 16.4. The number of fused-ring (bicyclic) bond motifs is 1. The van der Waals surface area contributed by atoms with Gasteiger partial charge in [0.2, 0.25) is 5.91 Å². The number of benzene rings is 2. The monoisotopic (exact) mass is 335 g/mol.